The Kier molecular flexibility index (Phi) is 9.95. The van der Waals surface area contributed by atoms with Crippen LogP contribution in [0, 0.1) is 0 Å². The number of aliphatic hydroxyl groups is 1. The first-order valence-electron chi connectivity index (χ1n) is 13.5. The summed E-state index contributed by atoms with van der Waals surface area (Å²) in [6.07, 6.45) is 3.55. The van der Waals surface area contributed by atoms with Crippen LogP contribution in [0.1, 0.15) is 5.82 Å². The van der Waals surface area contributed by atoms with Crippen LogP contribution in [-0.4, -0.2) is 118 Å². The summed E-state index contributed by atoms with van der Waals surface area (Å²) in [5, 5.41) is 18.3. The summed E-state index contributed by atoms with van der Waals surface area (Å²) in [4.78, 5) is 54.2. The minimum atomic E-state index is -1.55. The van der Waals surface area contributed by atoms with Crippen molar-refractivity contribution in [2.75, 3.05) is 45.5 Å². The summed E-state index contributed by atoms with van der Waals surface area (Å²) in [5.41, 5.74) is 2.29. The van der Waals surface area contributed by atoms with Gasteiger partial charge in [0.05, 0.1) is 12.8 Å². The summed E-state index contributed by atoms with van der Waals surface area (Å²) in [6.45, 7) is 2.33. The van der Waals surface area contributed by atoms with Crippen LogP contribution in [0.25, 0.3) is 11.2 Å². The first-order valence-corrected chi connectivity index (χ1v) is 17.1. The van der Waals surface area contributed by atoms with Crippen LogP contribution in [0.3, 0.4) is 0 Å². The van der Waals surface area contributed by atoms with Crippen LogP contribution in [-0.2, 0) is 32.0 Å². The molecule has 19 heteroatoms. The molecule has 5 rings (SSSR count). The van der Waals surface area contributed by atoms with Crippen LogP contribution in [0.5, 0.6) is 0 Å². The molecule has 2 aliphatic heterocycles. The molecule has 230 valence electrons. The lowest BCUT2D eigenvalue weighted by atomic mass is 10.0. The van der Waals surface area contributed by atoms with Crippen molar-refractivity contribution < 1.29 is 28.6 Å². The van der Waals surface area contributed by atoms with E-state index < -0.39 is 37.2 Å². The molecule has 3 aromatic rings. The maximum absolute atomic E-state index is 13.5. The summed E-state index contributed by atoms with van der Waals surface area (Å²) < 4.78 is 13.4. The topological polar surface area (TPSA) is 180 Å². The minimum Gasteiger partial charge on any atom is -0.452 e. The zero-order chi connectivity index (χ0) is 31.5. The highest BCUT2D eigenvalue weighted by Crippen LogP contribution is 2.42. The normalized spacial score (nSPS) is 19.8. The Morgan fingerprint density at radius 1 is 1.39 bits per heavy atom. The van der Waals surface area contributed by atoms with Crippen molar-refractivity contribution in [2.45, 2.75) is 30.5 Å². The Hall–Kier alpha value is -3.44. The maximum Gasteiger partial charge on any atom is 0.357 e. The van der Waals surface area contributed by atoms with E-state index in [1.54, 1.807) is 27.1 Å². The number of carbonyl (C=O) groups is 3. The number of hydrogen-bond donors (Lipinski definition) is 4. The second kappa shape index (κ2) is 13.7. The van der Waals surface area contributed by atoms with Gasteiger partial charge in [-0.05, 0) is 30.8 Å². The van der Waals surface area contributed by atoms with Crippen LogP contribution >= 0.6 is 31.3 Å². The van der Waals surface area contributed by atoms with Gasteiger partial charge >= 0.3 is 11.6 Å². The Balaban J connectivity index is 1.41. The lowest BCUT2D eigenvalue weighted by molar-refractivity contribution is -0.664. The fourth-order valence-electron chi connectivity index (χ4n) is 4.94. The zero-order valence-corrected chi connectivity index (χ0v) is 26.9. The lowest BCUT2D eigenvalue weighted by Gasteiger charge is -2.49. The van der Waals surface area contributed by atoms with Crippen LogP contribution in [0.15, 0.2) is 40.9 Å². The van der Waals surface area contributed by atoms with Crippen LogP contribution < -0.4 is 20.5 Å². The number of aliphatic imine (C=N–C) groups is 1. The third kappa shape index (κ3) is 6.22. The Morgan fingerprint density at radius 3 is 2.84 bits per heavy atom. The molecule has 2 aliphatic rings. The molecule has 0 aliphatic carbocycles. The van der Waals surface area contributed by atoms with Gasteiger partial charge in [-0.25, -0.2) is 9.36 Å². The van der Waals surface area contributed by atoms with Crippen molar-refractivity contribution in [3.63, 3.8) is 0 Å². The molecule has 4 atom stereocenters. The van der Waals surface area contributed by atoms with Crippen molar-refractivity contribution in [3.05, 3.63) is 41.8 Å². The second-order valence-electron chi connectivity index (χ2n) is 9.89. The number of β-lactam (4-membered cyclic amide) rings is 1. The molecule has 0 saturated carbocycles. The first kappa shape index (κ1) is 32.0. The average Bonchev–Trinajstić information content (AvgIpc) is 3.66. The Labute approximate surface area is 263 Å². The third-order valence-corrected chi connectivity index (χ3v) is 9.63. The van der Waals surface area contributed by atoms with Gasteiger partial charge < -0.3 is 30.1 Å². The number of nitrogens with one attached hydrogen (secondary N) is 3. The van der Waals surface area contributed by atoms with E-state index in [0.29, 0.717) is 28.6 Å². The number of anilines is 1. The molecule has 3 aromatic heterocycles. The number of aromatic nitrogens is 5. The third-order valence-electron chi connectivity index (χ3n) is 7.10. The zero-order valence-electron chi connectivity index (χ0n) is 24.4. The molecule has 1 fully saturated rings. The minimum absolute atomic E-state index is 0.00520. The number of aliphatic hydroxyl groups excluding tert-OH is 1. The van der Waals surface area contributed by atoms with Gasteiger partial charge in [-0.2, -0.15) is 9.36 Å². The molecule has 44 heavy (non-hydrogen) atoms. The summed E-state index contributed by atoms with van der Waals surface area (Å²) >= 11 is 2.51. The number of nitrogens with zero attached hydrogens (tertiary/aromatic N) is 7. The molecule has 0 bridgehead atoms. The number of pyridine rings is 1. The molecule has 2 amide bonds. The first-order chi connectivity index (χ1) is 21.2. The standard InChI is InChI=1S/C25H30BN10O5PS2/c1-27-14(10-37)9-35-12-30-20-15(35)6-5-7-34(20)8-13-11-43-23-17(22(39)36(23)18(13)24(40)41-42(4)26)31-21(38)16(28-2)19-32-25(29-3)44-33-19/h5-7,12,14,17,23,27,37H,8-11H2,1-4H3,(H-,29,31,32,33,38)/p+1. The smallest absolute Gasteiger partial charge is 0.357 e. The molecule has 15 nitrogen and oxygen atoms in total. The van der Waals surface area contributed by atoms with Crippen molar-refractivity contribution in [1.29, 1.82) is 0 Å². The van der Waals surface area contributed by atoms with Crippen molar-refractivity contribution in [1.82, 2.24) is 34.4 Å². The number of thioether (sulfide) groups is 1. The number of carbonyl (C=O) groups excluding carboxylic acids is 3. The van der Waals surface area contributed by atoms with Gasteiger partial charge in [-0.1, -0.05) is 0 Å². The quantitative estimate of drug-likeness (QED) is 0.0632. The van der Waals surface area contributed by atoms with E-state index in [2.05, 4.69) is 35.3 Å². The van der Waals surface area contributed by atoms with Gasteiger partial charge in [0.2, 0.25) is 11.5 Å². The Morgan fingerprint density at radius 2 is 2.18 bits per heavy atom. The number of imidazole rings is 1. The van der Waals surface area contributed by atoms with Gasteiger partial charge in [-0.15, -0.1) is 11.8 Å². The molecule has 4 N–H and O–H groups in total. The van der Waals surface area contributed by atoms with Gasteiger partial charge in [0.25, 0.3) is 11.8 Å². The summed E-state index contributed by atoms with van der Waals surface area (Å²) in [5.74, 6) is -1.20. The van der Waals surface area contributed by atoms with Gasteiger partial charge in [0.15, 0.2) is 19.1 Å². The molecule has 2 radical (unpaired) electrons. The highest BCUT2D eigenvalue weighted by atomic mass is 32.2. The molecule has 0 aromatic carbocycles. The summed E-state index contributed by atoms with van der Waals surface area (Å²) in [7, 11) is 9.22. The number of hydrogen-bond acceptors (Lipinski definition) is 13. The Bertz CT molecular complexity index is 1640. The van der Waals surface area contributed by atoms with E-state index >= 15 is 0 Å². The predicted octanol–water partition coefficient (Wildman–Crippen LogP) is -0.776. The van der Waals surface area contributed by atoms with E-state index in [4.69, 9.17) is 12.1 Å². The number of likely N-dealkylation sites (N-methyl/N-ethyl adjacent to an activating group) is 1. The number of amides is 2. The van der Waals surface area contributed by atoms with Crippen molar-refractivity contribution in [3.8, 4) is 0 Å². The van der Waals surface area contributed by atoms with E-state index in [0.717, 1.165) is 17.0 Å². The lowest BCUT2D eigenvalue weighted by Crippen LogP contribution is -2.71. The molecule has 0 spiro atoms. The van der Waals surface area contributed by atoms with Gasteiger partial charge in [-0.3, -0.25) is 19.5 Å². The largest absolute Gasteiger partial charge is 0.452 e. The predicted molar refractivity (Wildman–Crippen MR) is 169 cm³/mol. The van der Waals surface area contributed by atoms with Crippen molar-refractivity contribution >= 4 is 78.7 Å². The van der Waals surface area contributed by atoms with Crippen LogP contribution in [0.4, 0.5) is 5.13 Å². The number of rotatable bonds is 12. The van der Waals surface area contributed by atoms with Crippen LogP contribution in [0.2, 0.25) is 0 Å². The maximum atomic E-state index is 13.5. The summed E-state index contributed by atoms with van der Waals surface area (Å²) in [6, 6.07) is 2.76. The monoisotopic (exact) mass is 657 g/mol. The van der Waals surface area contributed by atoms with E-state index in [1.165, 1.54) is 23.7 Å². The highest BCUT2D eigenvalue weighted by molar-refractivity contribution is 8.00. The fourth-order valence-corrected chi connectivity index (χ4v) is 7.14. The molecule has 4 unspecified atom stereocenters. The molecular formula is C25H31BN10O5PS2+. The molecular weight excluding hydrogens is 626 g/mol. The molecule has 1 saturated heterocycles. The van der Waals surface area contributed by atoms with E-state index in [1.807, 2.05) is 27.5 Å². The average molecular weight is 658 g/mol. The number of fused-ring (bicyclic) bond motifs is 2. The second-order valence-corrected chi connectivity index (χ2v) is 13.0. The van der Waals surface area contributed by atoms with Gasteiger partial charge in [0.1, 0.15) is 29.2 Å². The fraction of sp³-hybridized carbons (Fsp3) is 0.440. The SMILES string of the molecule is [B]P(C)OC(=O)C1=C(C[n+]2cccc3c2ncn3CC(CO)NC)CSC2C(NC(=O)C(=NC)c3nsc(NC)n3)C(=O)N12. The van der Waals surface area contributed by atoms with Crippen molar-refractivity contribution in [2.24, 2.45) is 4.99 Å². The van der Waals surface area contributed by atoms with Gasteiger partial charge in [0, 0.05) is 57.6 Å². The van der Waals surface area contributed by atoms with E-state index in [9.17, 15) is 19.5 Å². The molecule has 5 heterocycles. The van der Waals surface area contributed by atoms with E-state index in [-0.39, 0.29) is 36.4 Å². The highest BCUT2D eigenvalue weighted by Gasteiger charge is 2.55.